The summed E-state index contributed by atoms with van der Waals surface area (Å²) in [6.07, 6.45) is 0. The Bertz CT molecular complexity index is 1380. The van der Waals surface area contributed by atoms with Gasteiger partial charge in [0.1, 0.15) is 20.5 Å². The number of methoxy groups -OCH3 is 1. The Labute approximate surface area is 196 Å². The van der Waals surface area contributed by atoms with Crippen molar-refractivity contribution < 1.29 is 36.7 Å². The van der Waals surface area contributed by atoms with E-state index in [0.717, 1.165) is 11.3 Å². The number of thiophene rings is 1. The molecule has 2 aromatic heterocycles. The lowest BCUT2D eigenvalue weighted by Gasteiger charge is -2.15. The van der Waals surface area contributed by atoms with Crippen LogP contribution in [-0.2, 0) is 14.8 Å². The third-order valence-corrected chi connectivity index (χ3v) is 7.55. The van der Waals surface area contributed by atoms with Gasteiger partial charge in [0.15, 0.2) is 11.5 Å². The molecule has 1 aliphatic rings. The summed E-state index contributed by atoms with van der Waals surface area (Å²) in [5.41, 5.74) is 0.846. The van der Waals surface area contributed by atoms with E-state index in [1.165, 1.54) is 24.6 Å². The molecule has 174 valence electrons. The Morgan fingerprint density at radius 1 is 1.27 bits per heavy atom. The monoisotopic (exact) mass is 513 g/mol. The SMILES string of the molecule is COC(=O)c1cc2c(c(C)c1NC(=O)c1sccc1S(=O)(=O)Nc1onc(C)c1Cl)OCO2. The van der Waals surface area contributed by atoms with Crippen LogP contribution in [0.3, 0.4) is 0 Å². The minimum Gasteiger partial charge on any atom is -0.465 e. The molecule has 1 aromatic carbocycles. The highest BCUT2D eigenvalue weighted by Crippen LogP contribution is 2.42. The van der Waals surface area contributed by atoms with Crippen molar-refractivity contribution in [2.24, 2.45) is 0 Å². The van der Waals surface area contributed by atoms with Crippen LogP contribution in [0.5, 0.6) is 11.5 Å². The van der Waals surface area contributed by atoms with Gasteiger partial charge in [-0.1, -0.05) is 16.8 Å². The summed E-state index contributed by atoms with van der Waals surface area (Å²) >= 11 is 6.88. The first-order valence-corrected chi connectivity index (χ1v) is 11.9. The Balaban J connectivity index is 1.69. The topological polar surface area (TPSA) is 146 Å². The van der Waals surface area contributed by atoms with E-state index in [2.05, 4.69) is 15.2 Å². The Morgan fingerprint density at radius 2 is 2.03 bits per heavy atom. The largest absolute Gasteiger partial charge is 0.465 e. The van der Waals surface area contributed by atoms with Gasteiger partial charge in [0, 0.05) is 11.6 Å². The van der Waals surface area contributed by atoms with Crippen LogP contribution < -0.4 is 19.5 Å². The molecule has 0 bridgehead atoms. The second-order valence-electron chi connectivity index (χ2n) is 6.73. The average molecular weight is 514 g/mol. The number of esters is 1. The van der Waals surface area contributed by atoms with Crippen LogP contribution in [-0.4, -0.2) is 39.4 Å². The number of aryl methyl sites for hydroxylation is 1. The van der Waals surface area contributed by atoms with Crippen LogP contribution >= 0.6 is 22.9 Å². The van der Waals surface area contributed by atoms with E-state index in [1.807, 2.05) is 0 Å². The van der Waals surface area contributed by atoms with E-state index >= 15 is 0 Å². The number of hydrogen-bond donors (Lipinski definition) is 2. The lowest BCUT2D eigenvalue weighted by molar-refractivity contribution is 0.0601. The number of rotatable bonds is 6. The number of carbonyl (C=O) groups is 2. The van der Waals surface area contributed by atoms with Crippen molar-refractivity contribution in [3.05, 3.63) is 44.2 Å². The number of ether oxygens (including phenoxy) is 3. The minimum atomic E-state index is -4.25. The highest BCUT2D eigenvalue weighted by Gasteiger charge is 2.30. The van der Waals surface area contributed by atoms with Gasteiger partial charge in [0.2, 0.25) is 6.79 Å². The molecule has 0 saturated carbocycles. The molecule has 4 rings (SSSR count). The van der Waals surface area contributed by atoms with Crippen molar-refractivity contribution >= 4 is 56.4 Å². The molecular weight excluding hydrogens is 498 g/mol. The van der Waals surface area contributed by atoms with E-state index in [0.29, 0.717) is 22.8 Å². The molecule has 11 nitrogen and oxygen atoms in total. The molecule has 1 aliphatic heterocycles. The number of amides is 1. The van der Waals surface area contributed by atoms with Gasteiger partial charge < -0.3 is 24.1 Å². The van der Waals surface area contributed by atoms with Gasteiger partial charge >= 0.3 is 5.97 Å². The molecule has 33 heavy (non-hydrogen) atoms. The Hall–Kier alpha value is -3.29. The minimum absolute atomic E-state index is 0.00138. The van der Waals surface area contributed by atoms with Gasteiger partial charge in [0.25, 0.3) is 21.8 Å². The molecule has 3 aromatic rings. The number of hydrogen-bond acceptors (Lipinski definition) is 10. The quantitative estimate of drug-likeness (QED) is 0.472. The fraction of sp³-hybridized carbons (Fsp3) is 0.211. The summed E-state index contributed by atoms with van der Waals surface area (Å²) in [5.74, 6) is -1.07. The standard InChI is InChI=1S/C19H16ClN3O8S2/c1-8-14(10(19(25)28-3)6-11-15(8)30-7-29-11)21-17(24)16-12(4-5-32-16)33(26,27)23-18-13(20)9(2)22-31-18/h4-6,23H,7H2,1-3H3,(H,21,24). The summed E-state index contributed by atoms with van der Waals surface area (Å²) in [7, 11) is -3.06. The van der Waals surface area contributed by atoms with Gasteiger partial charge in [-0.15, -0.1) is 11.3 Å². The molecule has 0 aliphatic carbocycles. The third kappa shape index (κ3) is 4.10. The van der Waals surface area contributed by atoms with Crippen molar-refractivity contribution in [1.82, 2.24) is 5.16 Å². The summed E-state index contributed by atoms with van der Waals surface area (Å²) in [4.78, 5) is 25.0. The number of nitrogens with one attached hydrogen (secondary N) is 2. The van der Waals surface area contributed by atoms with Crippen molar-refractivity contribution in [2.75, 3.05) is 23.9 Å². The molecule has 0 saturated heterocycles. The number of anilines is 2. The molecule has 14 heteroatoms. The maximum Gasteiger partial charge on any atom is 0.340 e. The highest BCUT2D eigenvalue weighted by atomic mass is 35.5. The summed E-state index contributed by atoms with van der Waals surface area (Å²) < 4.78 is 48.4. The van der Waals surface area contributed by atoms with E-state index in [1.54, 1.807) is 13.8 Å². The predicted molar refractivity (Wildman–Crippen MR) is 118 cm³/mol. The van der Waals surface area contributed by atoms with E-state index in [9.17, 15) is 18.0 Å². The van der Waals surface area contributed by atoms with E-state index in [-0.39, 0.29) is 38.7 Å². The second-order valence-corrected chi connectivity index (χ2v) is 9.68. The molecule has 0 spiro atoms. The maximum absolute atomic E-state index is 13.1. The third-order valence-electron chi connectivity index (χ3n) is 4.69. The van der Waals surface area contributed by atoms with Gasteiger partial charge in [-0.3, -0.25) is 4.79 Å². The smallest absolute Gasteiger partial charge is 0.340 e. The van der Waals surface area contributed by atoms with Gasteiger partial charge in [-0.05, 0) is 25.3 Å². The summed E-state index contributed by atoms with van der Waals surface area (Å²) in [6, 6.07) is 2.64. The lowest BCUT2D eigenvalue weighted by atomic mass is 10.1. The molecule has 2 N–H and O–H groups in total. The Morgan fingerprint density at radius 3 is 2.70 bits per heavy atom. The first-order chi connectivity index (χ1) is 15.6. The van der Waals surface area contributed by atoms with E-state index < -0.39 is 21.9 Å². The fourth-order valence-corrected chi connectivity index (χ4v) is 5.58. The number of fused-ring (bicyclic) bond motifs is 1. The highest BCUT2D eigenvalue weighted by molar-refractivity contribution is 7.93. The van der Waals surface area contributed by atoms with Crippen LogP contribution in [0.25, 0.3) is 0 Å². The number of halogens is 1. The van der Waals surface area contributed by atoms with Gasteiger partial charge in [-0.2, -0.15) is 0 Å². The average Bonchev–Trinajstić information content (AvgIpc) is 3.52. The van der Waals surface area contributed by atoms with Crippen molar-refractivity contribution in [1.29, 1.82) is 0 Å². The van der Waals surface area contributed by atoms with Gasteiger partial charge in [-0.25, -0.2) is 17.9 Å². The molecule has 1 amide bonds. The van der Waals surface area contributed by atoms with Gasteiger partial charge in [0.05, 0.1) is 18.4 Å². The number of nitrogens with zero attached hydrogens (tertiary/aromatic N) is 1. The normalized spacial score (nSPS) is 12.5. The molecule has 0 atom stereocenters. The number of aromatic nitrogens is 1. The van der Waals surface area contributed by atoms with Crippen LogP contribution in [0.1, 0.15) is 31.3 Å². The summed E-state index contributed by atoms with van der Waals surface area (Å²) in [5, 5.41) is 7.62. The zero-order valence-electron chi connectivity index (χ0n) is 17.3. The zero-order chi connectivity index (χ0) is 23.9. The fourth-order valence-electron chi connectivity index (χ4n) is 3.08. The number of carbonyl (C=O) groups excluding carboxylic acids is 2. The van der Waals surface area contributed by atoms with E-state index in [4.69, 9.17) is 30.3 Å². The van der Waals surface area contributed by atoms with Crippen LogP contribution in [0.4, 0.5) is 11.6 Å². The second kappa shape index (κ2) is 8.57. The first-order valence-electron chi connectivity index (χ1n) is 9.19. The van der Waals surface area contributed by atoms with Crippen molar-refractivity contribution in [3.8, 4) is 11.5 Å². The molecule has 3 heterocycles. The van der Waals surface area contributed by atoms with Crippen LogP contribution in [0.15, 0.2) is 26.9 Å². The first kappa shape index (κ1) is 22.9. The van der Waals surface area contributed by atoms with Crippen LogP contribution in [0, 0.1) is 13.8 Å². The van der Waals surface area contributed by atoms with Crippen molar-refractivity contribution in [2.45, 2.75) is 18.7 Å². The molecule has 0 unspecified atom stereocenters. The maximum atomic E-state index is 13.1. The van der Waals surface area contributed by atoms with Crippen molar-refractivity contribution in [3.63, 3.8) is 0 Å². The molecule has 0 fully saturated rings. The number of sulfonamides is 1. The molecule has 0 radical (unpaired) electrons. The zero-order valence-corrected chi connectivity index (χ0v) is 19.7. The summed E-state index contributed by atoms with van der Waals surface area (Å²) in [6.45, 7) is 3.12. The lowest BCUT2D eigenvalue weighted by Crippen LogP contribution is -2.20. The number of benzene rings is 1. The Kier molecular flexibility index (Phi) is 5.95. The van der Waals surface area contributed by atoms with Crippen LogP contribution in [0.2, 0.25) is 5.02 Å². The predicted octanol–water partition coefficient (Wildman–Crippen LogP) is 3.57. The molecular formula is C19H16ClN3O8S2.